The van der Waals surface area contributed by atoms with Crippen LogP contribution in [0.2, 0.25) is 0 Å². The smallest absolute Gasteiger partial charge is 0.243 e. The van der Waals surface area contributed by atoms with Crippen molar-refractivity contribution in [2.45, 2.75) is 52.1 Å². The molecule has 0 radical (unpaired) electrons. The molecule has 3 amide bonds. The van der Waals surface area contributed by atoms with E-state index in [0.29, 0.717) is 32.1 Å². The number of unbranched alkanes of at least 4 members (excludes halogenated alkanes) is 1. The Morgan fingerprint density at radius 3 is 2.20 bits per heavy atom. The fraction of sp³-hybridized carbons (Fsp3) is 0.692. The monoisotopic (exact) mass is 285 g/mol. The van der Waals surface area contributed by atoms with E-state index in [0.717, 1.165) is 0 Å². The summed E-state index contributed by atoms with van der Waals surface area (Å²) in [4.78, 5) is 44.1. The summed E-state index contributed by atoms with van der Waals surface area (Å²) in [6, 6.07) is -1.25. The Hall–Kier alpha value is -1.92. The summed E-state index contributed by atoms with van der Waals surface area (Å²) in [5, 5.41) is 7.71. The molecule has 3 N–H and O–H groups in total. The van der Waals surface area contributed by atoms with Gasteiger partial charge in [0.2, 0.25) is 17.7 Å². The van der Waals surface area contributed by atoms with E-state index in [9.17, 15) is 19.2 Å². The molecule has 0 aliphatic rings. The fourth-order valence-electron chi connectivity index (χ4n) is 1.61. The van der Waals surface area contributed by atoms with E-state index in [1.165, 1.54) is 13.8 Å². The third-order valence-electron chi connectivity index (χ3n) is 2.56. The van der Waals surface area contributed by atoms with Crippen LogP contribution in [0.25, 0.3) is 0 Å². The summed E-state index contributed by atoms with van der Waals surface area (Å²) >= 11 is 0. The molecular formula is C13H23N3O4. The van der Waals surface area contributed by atoms with Gasteiger partial charge < -0.3 is 20.7 Å². The second kappa shape index (κ2) is 9.94. The van der Waals surface area contributed by atoms with E-state index in [2.05, 4.69) is 16.0 Å². The largest absolute Gasteiger partial charge is 0.356 e. The SMILES string of the molecule is CC(=O)NCCCC[C@H](NC(C)=O)C(=O)N[C@H](C)C=O. The van der Waals surface area contributed by atoms with Gasteiger partial charge in [-0.25, -0.2) is 0 Å². The summed E-state index contributed by atoms with van der Waals surface area (Å²) in [5.41, 5.74) is 0. The van der Waals surface area contributed by atoms with Crippen LogP contribution < -0.4 is 16.0 Å². The Morgan fingerprint density at radius 1 is 1.05 bits per heavy atom. The van der Waals surface area contributed by atoms with Crippen LogP contribution >= 0.6 is 0 Å². The lowest BCUT2D eigenvalue weighted by atomic mass is 10.1. The molecule has 0 aromatic heterocycles. The number of carbonyl (C=O) groups excluding carboxylic acids is 4. The third kappa shape index (κ3) is 9.07. The molecule has 7 nitrogen and oxygen atoms in total. The van der Waals surface area contributed by atoms with Gasteiger partial charge in [-0.2, -0.15) is 0 Å². The van der Waals surface area contributed by atoms with Gasteiger partial charge in [0, 0.05) is 20.4 Å². The van der Waals surface area contributed by atoms with Crippen LogP contribution in [0.15, 0.2) is 0 Å². The number of aldehydes is 1. The van der Waals surface area contributed by atoms with E-state index in [1.807, 2.05) is 0 Å². The van der Waals surface area contributed by atoms with Gasteiger partial charge in [0.15, 0.2) is 0 Å². The number of hydrogen-bond donors (Lipinski definition) is 3. The molecule has 0 unspecified atom stereocenters. The molecule has 0 saturated carbocycles. The van der Waals surface area contributed by atoms with Crippen molar-refractivity contribution < 1.29 is 19.2 Å². The normalized spacial score (nSPS) is 12.9. The zero-order chi connectivity index (χ0) is 15.5. The predicted octanol–water partition coefficient (Wildman–Crippen LogP) is -0.499. The molecule has 7 heteroatoms. The lowest BCUT2D eigenvalue weighted by Crippen LogP contribution is -2.48. The van der Waals surface area contributed by atoms with Crippen molar-refractivity contribution in [3.05, 3.63) is 0 Å². The summed E-state index contributed by atoms with van der Waals surface area (Å²) in [6.07, 6.45) is 2.47. The van der Waals surface area contributed by atoms with E-state index in [4.69, 9.17) is 0 Å². The van der Waals surface area contributed by atoms with Gasteiger partial charge >= 0.3 is 0 Å². The quantitative estimate of drug-likeness (QED) is 0.392. The molecule has 0 spiro atoms. The first kappa shape index (κ1) is 18.1. The fourth-order valence-corrected chi connectivity index (χ4v) is 1.61. The minimum absolute atomic E-state index is 0.0963. The average Bonchev–Trinajstić information content (AvgIpc) is 2.35. The van der Waals surface area contributed by atoms with Crippen LogP contribution in [0.4, 0.5) is 0 Å². The maximum absolute atomic E-state index is 11.9. The summed E-state index contributed by atoms with van der Waals surface area (Å²) in [6.45, 7) is 4.87. The van der Waals surface area contributed by atoms with E-state index >= 15 is 0 Å². The molecule has 0 aromatic carbocycles. The van der Waals surface area contributed by atoms with Crippen molar-refractivity contribution >= 4 is 24.0 Å². The van der Waals surface area contributed by atoms with Gasteiger partial charge in [0.05, 0.1) is 6.04 Å². The number of amides is 3. The minimum atomic E-state index is -0.660. The zero-order valence-electron chi connectivity index (χ0n) is 12.2. The van der Waals surface area contributed by atoms with Crippen molar-refractivity contribution in [1.29, 1.82) is 0 Å². The van der Waals surface area contributed by atoms with E-state index in [-0.39, 0.29) is 17.7 Å². The molecule has 0 fully saturated rings. The summed E-state index contributed by atoms with van der Waals surface area (Å²) in [5.74, 6) is -0.772. The highest BCUT2D eigenvalue weighted by molar-refractivity contribution is 5.88. The highest BCUT2D eigenvalue weighted by Crippen LogP contribution is 2.01. The Morgan fingerprint density at radius 2 is 1.70 bits per heavy atom. The highest BCUT2D eigenvalue weighted by Gasteiger charge is 2.20. The van der Waals surface area contributed by atoms with E-state index in [1.54, 1.807) is 6.92 Å². The van der Waals surface area contributed by atoms with E-state index < -0.39 is 12.1 Å². The van der Waals surface area contributed by atoms with Crippen molar-refractivity contribution in [2.75, 3.05) is 6.54 Å². The van der Waals surface area contributed by atoms with Crippen molar-refractivity contribution in [3.8, 4) is 0 Å². The number of hydrogen-bond acceptors (Lipinski definition) is 4. The molecule has 0 aromatic rings. The second-order valence-electron chi connectivity index (χ2n) is 4.67. The van der Waals surface area contributed by atoms with Crippen LogP contribution in [-0.2, 0) is 19.2 Å². The molecule has 0 aliphatic heterocycles. The molecule has 0 rings (SSSR count). The second-order valence-corrected chi connectivity index (χ2v) is 4.67. The van der Waals surface area contributed by atoms with Gasteiger partial charge in [-0.1, -0.05) is 0 Å². The molecule has 0 bridgehead atoms. The molecule has 20 heavy (non-hydrogen) atoms. The minimum Gasteiger partial charge on any atom is -0.356 e. The Balaban J connectivity index is 4.20. The van der Waals surface area contributed by atoms with Crippen LogP contribution in [0.3, 0.4) is 0 Å². The highest BCUT2D eigenvalue weighted by atomic mass is 16.2. The van der Waals surface area contributed by atoms with Crippen molar-refractivity contribution in [2.24, 2.45) is 0 Å². The van der Waals surface area contributed by atoms with Gasteiger partial charge in [-0.3, -0.25) is 14.4 Å². The molecule has 0 heterocycles. The van der Waals surface area contributed by atoms with Gasteiger partial charge in [-0.15, -0.1) is 0 Å². The first-order valence-electron chi connectivity index (χ1n) is 6.64. The average molecular weight is 285 g/mol. The van der Waals surface area contributed by atoms with Crippen molar-refractivity contribution in [3.63, 3.8) is 0 Å². The maximum Gasteiger partial charge on any atom is 0.243 e. The molecule has 114 valence electrons. The molecular weight excluding hydrogens is 262 g/mol. The number of carbonyl (C=O) groups is 4. The predicted molar refractivity (Wildman–Crippen MR) is 73.8 cm³/mol. The van der Waals surface area contributed by atoms with Gasteiger partial charge in [0.25, 0.3) is 0 Å². The topological polar surface area (TPSA) is 104 Å². The Bertz CT molecular complexity index is 358. The molecule has 0 saturated heterocycles. The Labute approximate surface area is 118 Å². The molecule has 2 atom stereocenters. The number of rotatable bonds is 9. The lowest BCUT2D eigenvalue weighted by molar-refractivity contribution is -0.129. The number of nitrogens with one attached hydrogen (secondary N) is 3. The first-order valence-corrected chi connectivity index (χ1v) is 6.64. The van der Waals surface area contributed by atoms with Crippen molar-refractivity contribution in [1.82, 2.24) is 16.0 Å². The lowest BCUT2D eigenvalue weighted by Gasteiger charge is -2.18. The van der Waals surface area contributed by atoms with Crippen LogP contribution in [0, 0.1) is 0 Å². The molecule has 0 aliphatic carbocycles. The van der Waals surface area contributed by atoms with Crippen LogP contribution in [0.5, 0.6) is 0 Å². The zero-order valence-corrected chi connectivity index (χ0v) is 12.2. The van der Waals surface area contributed by atoms with Gasteiger partial charge in [-0.05, 0) is 26.2 Å². The van der Waals surface area contributed by atoms with Crippen LogP contribution in [0.1, 0.15) is 40.0 Å². The standard InChI is InChI=1S/C13H23N3O4/c1-9(8-17)15-13(20)12(16-11(3)19)6-4-5-7-14-10(2)18/h8-9,12H,4-7H2,1-3H3,(H,14,18)(H,15,20)(H,16,19)/t9-,12+/m1/s1. The van der Waals surface area contributed by atoms with Crippen LogP contribution in [-0.4, -0.2) is 42.6 Å². The summed E-state index contributed by atoms with van der Waals surface area (Å²) in [7, 11) is 0. The maximum atomic E-state index is 11.9. The Kier molecular flexibility index (Phi) is 8.98. The van der Waals surface area contributed by atoms with Gasteiger partial charge in [0.1, 0.15) is 12.3 Å². The summed E-state index contributed by atoms with van der Waals surface area (Å²) < 4.78 is 0. The third-order valence-corrected chi connectivity index (χ3v) is 2.56. The first-order chi connectivity index (χ1) is 9.36.